The fourth-order valence-corrected chi connectivity index (χ4v) is 2.54. The van der Waals surface area contributed by atoms with Crippen molar-refractivity contribution in [3.05, 3.63) is 0 Å². The van der Waals surface area contributed by atoms with Crippen LogP contribution < -0.4 is 22.5 Å². The third kappa shape index (κ3) is 7.24. The molecule has 0 spiro atoms. The minimum absolute atomic E-state index is 0.0967. The van der Waals surface area contributed by atoms with Crippen LogP contribution in [0.4, 0.5) is 0 Å². The highest BCUT2D eigenvalue weighted by Gasteiger charge is 2.50. The van der Waals surface area contributed by atoms with Crippen molar-refractivity contribution in [1.29, 1.82) is 5.41 Å². The van der Waals surface area contributed by atoms with Crippen molar-refractivity contribution < 1.29 is 24.3 Å². The van der Waals surface area contributed by atoms with E-state index in [4.69, 9.17) is 22.6 Å². The van der Waals surface area contributed by atoms with Gasteiger partial charge in [-0.3, -0.25) is 24.7 Å². The number of guanidine groups is 1. The van der Waals surface area contributed by atoms with Crippen molar-refractivity contribution in [2.75, 3.05) is 13.1 Å². The number of nitrogens with zero attached hydrogens (tertiary/aromatic N) is 1. The molecule has 0 fully saturated rings. The number of nitrogens with one attached hydrogen (secondary N) is 2. The van der Waals surface area contributed by atoms with Gasteiger partial charge in [0.15, 0.2) is 11.7 Å². The number of ketones is 1. The molecule has 2 amide bonds. The zero-order chi connectivity index (χ0) is 21.9. The molecule has 0 heterocycles. The zero-order valence-electron chi connectivity index (χ0n) is 16.5. The highest BCUT2D eigenvalue weighted by atomic mass is 16.4. The minimum Gasteiger partial charge on any atom is -0.479 e. The van der Waals surface area contributed by atoms with Gasteiger partial charge in [0.25, 0.3) is 0 Å². The molecule has 0 rings (SSSR count). The fraction of sp³-hybridized carbons (Fsp3) is 0.706. The summed E-state index contributed by atoms with van der Waals surface area (Å²) in [4.78, 5) is 49.8. The summed E-state index contributed by atoms with van der Waals surface area (Å²) in [5.74, 6) is -4.38. The molecule has 0 aliphatic heterocycles. The predicted molar refractivity (Wildman–Crippen MR) is 103 cm³/mol. The van der Waals surface area contributed by atoms with Gasteiger partial charge in [0.05, 0.1) is 6.04 Å². The molecule has 0 aromatic rings. The molecule has 0 radical (unpaired) electrons. The third-order valence-corrected chi connectivity index (χ3v) is 4.44. The van der Waals surface area contributed by atoms with Gasteiger partial charge < -0.3 is 27.6 Å². The summed E-state index contributed by atoms with van der Waals surface area (Å²) in [6, 6.07) is -1.18. The second-order valence-electron chi connectivity index (χ2n) is 6.69. The molecule has 160 valence electrons. The van der Waals surface area contributed by atoms with Crippen LogP contribution in [0.1, 0.15) is 52.4 Å². The quantitative estimate of drug-likeness (QED) is 0.0956. The molecule has 0 bridgehead atoms. The number of rotatable bonds is 13. The lowest BCUT2D eigenvalue weighted by Crippen LogP contribution is -2.64. The zero-order valence-corrected chi connectivity index (χ0v) is 16.5. The van der Waals surface area contributed by atoms with Crippen LogP contribution in [0.3, 0.4) is 0 Å². The monoisotopic (exact) mass is 400 g/mol. The first-order valence-electron chi connectivity index (χ1n) is 9.15. The van der Waals surface area contributed by atoms with Gasteiger partial charge in [0.2, 0.25) is 17.4 Å². The van der Waals surface area contributed by atoms with Gasteiger partial charge in [-0.1, -0.05) is 6.42 Å². The topological polar surface area (TPSA) is 206 Å². The average Bonchev–Trinajstić information content (AvgIpc) is 2.61. The average molecular weight is 400 g/mol. The predicted octanol–water partition coefficient (Wildman–Crippen LogP) is -1.12. The molecule has 9 N–H and O–H groups in total. The Kier molecular flexibility index (Phi) is 10.9. The number of carboxylic acid groups (broad SMARTS) is 1. The lowest BCUT2D eigenvalue weighted by molar-refractivity contribution is -0.169. The summed E-state index contributed by atoms with van der Waals surface area (Å²) in [6.45, 7) is 2.78. The van der Waals surface area contributed by atoms with E-state index in [1.807, 2.05) is 0 Å². The van der Waals surface area contributed by atoms with Crippen LogP contribution in [0.25, 0.3) is 0 Å². The summed E-state index contributed by atoms with van der Waals surface area (Å²) in [6.07, 6.45) is 2.11. The Bertz CT molecular complexity index is 581. The Hall–Kier alpha value is -2.53. The van der Waals surface area contributed by atoms with Gasteiger partial charge >= 0.3 is 5.97 Å². The summed E-state index contributed by atoms with van der Waals surface area (Å²) in [5, 5.41) is 19.2. The number of aliphatic carboxylic acids is 1. The summed E-state index contributed by atoms with van der Waals surface area (Å²) < 4.78 is 0. The number of carbonyl (C=O) groups is 4. The van der Waals surface area contributed by atoms with Crippen molar-refractivity contribution in [3.63, 3.8) is 0 Å². The molecular weight excluding hydrogens is 368 g/mol. The molecule has 0 aliphatic carbocycles. The number of unbranched alkanes of at least 4 members (excludes halogenated alkanes) is 2. The van der Waals surface area contributed by atoms with Crippen LogP contribution in [0.15, 0.2) is 0 Å². The number of Topliss-reactive ketones (excluding diaryl/α,β-unsaturated/α-hetero) is 1. The Labute approximate surface area is 164 Å². The van der Waals surface area contributed by atoms with E-state index in [2.05, 4.69) is 5.32 Å². The first-order chi connectivity index (χ1) is 13.0. The van der Waals surface area contributed by atoms with Crippen LogP contribution in [0, 0.1) is 5.41 Å². The molecule has 2 unspecified atom stereocenters. The first kappa shape index (κ1) is 25.5. The molecule has 2 atom stereocenters. The van der Waals surface area contributed by atoms with E-state index in [9.17, 15) is 24.3 Å². The number of amides is 2. The Morgan fingerprint density at radius 1 is 1.18 bits per heavy atom. The second-order valence-corrected chi connectivity index (χ2v) is 6.69. The van der Waals surface area contributed by atoms with Gasteiger partial charge in [-0.05, 0) is 46.1 Å². The van der Waals surface area contributed by atoms with E-state index in [0.29, 0.717) is 37.1 Å². The van der Waals surface area contributed by atoms with Crippen LogP contribution in [0.2, 0.25) is 0 Å². The van der Waals surface area contributed by atoms with Gasteiger partial charge in [0, 0.05) is 13.0 Å². The highest BCUT2D eigenvalue weighted by molar-refractivity contribution is 6.14. The fourth-order valence-electron chi connectivity index (χ4n) is 2.54. The smallest absolute Gasteiger partial charge is 0.337 e. The summed E-state index contributed by atoms with van der Waals surface area (Å²) >= 11 is 0. The highest BCUT2D eigenvalue weighted by Crippen LogP contribution is 2.21. The number of hydrogen-bond donors (Lipinski definition) is 6. The molecular formula is C17H32N6O5. The van der Waals surface area contributed by atoms with Crippen LogP contribution in [-0.2, 0) is 19.2 Å². The molecule has 28 heavy (non-hydrogen) atoms. The molecule has 0 saturated heterocycles. The number of carboxylic acids is 1. The molecule has 0 aliphatic rings. The maximum Gasteiger partial charge on any atom is 0.337 e. The Morgan fingerprint density at radius 3 is 2.25 bits per heavy atom. The van der Waals surface area contributed by atoms with E-state index < -0.39 is 35.1 Å². The largest absolute Gasteiger partial charge is 0.479 e. The van der Waals surface area contributed by atoms with E-state index in [0.717, 1.165) is 13.8 Å². The van der Waals surface area contributed by atoms with Crippen molar-refractivity contribution in [3.8, 4) is 0 Å². The van der Waals surface area contributed by atoms with Crippen molar-refractivity contribution in [1.82, 2.24) is 10.2 Å². The minimum atomic E-state index is -2.34. The summed E-state index contributed by atoms with van der Waals surface area (Å²) in [5.41, 5.74) is 14.1. The van der Waals surface area contributed by atoms with E-state index in [1.54, 1.807) is 0 Å². The van der Waals surface area contributed by atoms with Gasteiger partial charge in [-0.2, -0.15) is 0 Å². The number of carbonyl (C=O) groups excluding carboxylic acids is 3. The van der Waals surface area contributed by atoms with Crippen molar-refractivity contribution >= 4 is 29.5 Å². The van der Waals surface area contributed by atoms with Gasteiger partial charge in [-0.25, -0.2) is 4.79 Å². The maximum absolute atomic E-state index is 12.8. The SMILES string of the molecule is CC(=O)C(C)(C(=O)O)N(C(=O)CCCCCN)C(=O)C(N)CCCNC(=N)N. The second kappa shape index (κ2) is 12.0. The summed E-state index contributed by atoms with van der Waals surface area (Å²) in [7, 11) is 0. The lowest BCUT2D eigenvalue weighted by Gasteiger charge is -2.36. The van der Waals surface area contributed by atoms with Crippen molar-refractivity contribution in [2.24, 2.45) is 17.2 Å². The number of hydrogen-bond acceptors (Lipinski definition) is 7. The lowest BCUT2D eigenvalue weighted by atomic mass is 9.92. The molecule has 11 heteroatoms. The standard InChI is InChI=1S/C17H32N6O5/c1-11(24)17(2,15(27)28)23(13(25)8-4-3-5-9-18)14(26)12(19)7-6-10-22-16(20)21/h12H,3-10,18-19H2,1-2H3,(H,27,28)(H4,20,21,22). The van der Waals surface area contributed by atoms with Crippen molar-refractivity contribution in [2.45, 2.75) is 64.0 Å². The Morgan fingerprint density at radius 2 is 1.79 bits per heavy atom. The van der Waals surface area contributed by atoms with Gasteiger partial charge in [0.1, 0.15) is 0 Å². The van der Waals surface area contributed by atoms with Gasteiger partial charge in [-0.15, -0.1) is 0 Å². The van der Waals surface area contributed by atoms with Crippen LogP contribution >= 0.6 is 0 Å². The normalized spacial score (nSPS) is 13.9. The van der Waals surface area contributed by atoms with Crippen LogP contribution in [0.5, 0.6) is 0 Å². The van der Waals surface area contributed by atoms with E-state index in [1.165, 1.54) is 0 Å². The van der Waals surface area contributed by atoms with E-state index in [-0.39, 0.29) is 25.3 Å². The number of imide groups is 1. The first-order valence-corrected chi connectivity index (χ1v) is 9.15. The molecule has 11 nitrogen and oxygen atoms in total. The molecule has 0 saturated carbocycles. The third-order valence-electron chi connectivity index (χ3n) is 4.44. The molecule has 0 aromatic carbocycles. The van der Waals surface area contributed by atoms with Crippen LogP contribution in [-0.4, -0.2) is 64.2 Å². The maximum atomic E-state index is 12.8. The van der Waals surface area contributed by atoms with E-state index >= 15 is 0 Å². The molecule has 0 aromatic heterocycles. The Balaban J connectivity index is 5.43. The number of nitrogens with two attached hydrogens (primary N) is 3.